The number of nitrogens with one attached hydrogen (secondary N) is 1. The number of carbonyl (C=O) groups is 2. The molecule has 10 heteroatoms. The van der Waals surface area contributed by atoms with Crippen LogP contribution in [0, 0.1) is 6.92 Å². The van der Waals surface area contributed by atoms with Crippen LogP contribution in [0.5, 0.6) is 0 Å². The number of hydrogen-bond donors (Lipinski definition) is 1. The molecule has 1 atom stereocenters. The van der Waals surface area contributed by atoms with Crippen molar-refractivity contribution in [2.24, 2.45) is 0 Å². The first kappa shape index (κ1) is 33.5. The van der Waals surface area contributed by atoms with Crippen LogP contribution in [0.3, 0.4) is 0 Å². The van der Waals surface area contributed by atoms with E-state index < -0.39 is 28.5 Å². The van der Waals surface area contributed by atoms with Crippen LogP contribution in [-0.2, 0) is 32.6 Å². The molecule has 0 heterocycles. The van der Waals surface area contributed by atoms with Crippen LogP contribution in [0.1, 0.15) is 42.4 Å². The molecule has 0 aliphatic heterocycles. The quantitative estimate of drug-likeness (QED) is 0.172. The first-order valence-electron chi connectivity index (χ1n) is 15.3. The fraction of sp³-hybridized carbons (Fsp3) is 0.278. The Morgan fingerprint density at radius 1 is 0.826 bits per heavy atom. The van der Waals surface area contributed by atoms with Crippen LogP contribution in [0.4, 0.5) is 5.69 Å². The second kappa shape index (κ2) is 15.2. The zero-order valence-corrected chi connectivity index (χ0v) is 27.9. The maximum Gasteiger partial charge on any atom is 0.264 e. The van der Waals surface area contributed by atoms with Crippen molar-refractivity contribution < 1.29 is 18.0 Å². The Morgan fingerprint density at radius 2 is 1.39 bits per heavy atom. The summed E-state index contributed by atoms with van der Waals surface area (Å²) in [7, 11) is -4.26. The van der Waals surface area contributed by atoms with Crippen LogP contribution in [-0.4, -0.2) is 43.8 Å². The number of nitrogens with zero attached hydrogens (tertiary/aromatic N) is 2. The summed E-state index contributed by atoms with van der Waals surface area (Å²) in [5, 5.41) is 3.62. The molecule has 0 spiro atoms. The summed E-state index contributed by atoms with van der Waals surface area (Å²) in [6.07, 6.45) is 4.10. The van der Waals surface area contributed by atoms with E-state index in [0.717, 1.165) is 46.7 Å². The minimum Gasteiger partial charge on any atom is -0.352 e. The Labute approximate surface area is 281 Å². The number of sulfonamides is 1. The zero-order valence-electron chi connectivity index (χ0n) is 25.6. The summed E-state index contributed by atoms with van der Waals surface area (Å²) in [6, 6.07) is 28.8. The normalized spacial score (nSPS) is 14.1. The molecular weight excluding hydrogens is 641 g/mol. The summed E-state index contributed by atoms with van der Waals surface area (Å²) in [5.74, 6) is -0.808. The third-order valence-electron chi connectivity index (χ3n) is 8.19. The van der Waals surface area contributed by atoms with E-state index in [1.54, 1.807) is 12.1 Å². The monoisotopic (exact) mass is 677 g/mol. The molecular formula is C36H37Cl2N3O4S. The van der Waals surface area contributed by atoms with Crippen molar-refractivity contribution in [3.8, 4) is 0 Å². The van der Waals surface area contributed by atoms with Gasteiger partial charge in [-0.25, -0.2) is 8.42 Å². The molecule has 1 N–H and O–H groups in total. The minimum atomic E-state index is -4.26. The number of rotatable bonds is 12. The summed E-state index contributed by atoms with van der Waals surface area (Å²) < 4.78 is 29.4. The number of aryl methyl sites for hydroxylation is 1. The second-order valence-electron chi connectivity index (χ2n) is 11.7. The first-order chi connectivity index (χ1) is 22.1. The maximum absolute atomic E-state index is 14.6. The molecule has 4 aromatic carbocycles. The number of carbonyl (C=O) groups excluding carboxylic acids is 2. The van der Waals surface area contributed by atoms with Crippen LogP contribution in [0.2, 0.25) is 10.0 Å². The molecule has 1 aliphatic rings. The molecule has 0 bridgehead atoms. The fourth-order valence-corrected chi connectivity index (χ4v) is 7.66. The van der Waals surface area contributed by atoms with Crippen LogP contribution in [0.25, 0.3) is 0 Å². The van der Waals surface area contributed by atoms with Gasteiger partial charge in [-0.1, -0.05) is 114 Å². The van der Waals surface area contributed by atoms with Gasteiger partial charge in [0.2, 0.25) is 11.8 Å². The van der Waals surface area contributed by atoms with Gasteiger partial charge < -0.3 is 10.2 Å². The lowest BCUT2D eigenvalue weighted by Crippen LogP contribution is -2.54. The number of benzene rings is 4. The summed E-state index contributed by atoms with van der Waals surface area (Å²) in [5.41, 5.74) is 2.71. The van der Waals surface area contributed by atoms with E-state index in [1.807, 2.05) is 67.6 Å². The smallest absolute Gasteiger partial charge is 0.264 e. The summed E-state index contributed by atoms with van der Waals surface area (Å²) in [6.45, 7) is 1.38. The number of anilines is 1. The van der Waals surface area contributed by atoms with E-state index in [0.29, 0.717) is 0 Å². The van der Waals surface area contributed by atoms with E-state index in [4.69, 9.17) is 23.2 Å². The van der Waals surface area contributed by atoms with E-state index in [-0.39, 0.29) is 45.5 Å². The van der Waals surface area contributed by atoms with Crippen LogP contribution < -0.4 is 9.62 Å². The van der Waals surface area contributed by atoms with Gasteiger partial charge in [0.25, 0.3) is 10.0 Å². The molecule has 2 amide bonds. The highest BCUT2D eigenvalue weighted by atomic mass is 35.5. The molecule has 0 saturated heterocycles. The Bertz CT molecular complexity index is 1730. The SMILES string of the molecule is Cc1ccc(S(=O)(=O)N(CC(=O)N(Cc2ccccc2)C(Cc2ccccc2)C(=O)NC2CCCC2)c2cc(Cl)cc(Cl)c2)cc1. The molecule has 1 aliphatic carbocycles. The predicted molar refractivity (Wildman–Crippen MR) is 183 cm³/mol. The van der Waals surface area contributed by atoms with E-state index >= 15 is 0 Å². The molecule has 1 saturated carbocycles. The predicted octanol–water partition coefficient (Wildman–Crippen LogP) is 7.20. The highest BCUT2D eigenvalue weighted by molar-refractivity contribution is 7.92. The van der Waals surface area contributed by atoms with E-state index in [2.05, 4.69) is 5.32 Å². The Balaban J connectivity index is 1.57. The molecule has 1 unspecified atom stereocenters. The van der Waals surface area contributed by atoms with Crippen molar-refractivity contribution in [3.05, 3.63) is 130 Å². The number of hydrogen-bond acceptors (Lipinski definition) is 4. The molecule has 1 fully saturated rings. The van der Waals surface area contributed by atoms with Gasteiger partial charge in [0.15, 0.2) is 0 Å². The highest BCUT2D eigenvalue weighted by Gasteiger charge is 2.35. The van der Waals surface area contributed by atoms with Gasteiger partial charge in [0.05, 0.1) is 10.6 Å². The third-order valence-corrected chi connectivity index (χ3v) is 10.4. The van der Waals surface area contributed by atoms with Crippen molar-refractivity contribution in [3.63, 3.8) is 0 Å². The molecule has 46 heavy (non-hydrogen) atoms. The number of halogens is 2. The largest absolute Gasteiger partial charge is 0.352 e. The van der Waals surface area contributed by atoms with Gasteiger partial charge in [-0.2, -0.15) is 0 Å². The van der Waals surface area contributed by atoms with E-state index in [9.17, 15) is 18.0 Å². The molecule has 5 rings (SSSR count). The van der Waals surface area contributed by atoms with E-state index in [1.165, 1.54) is 35.2 Å². The fourth-order valence-electron chi connectivity index (χ4n) is 5.75. The lowest BCUT2D eigenvalue weighted by molar-refractivity contribution is -0.140. The Morgan fingerprint density at radius 3 is 1.98 bits per heavy atom. The molecule has 0 radical (unpaired) electrons. The molecule has 0 aromatic heterocycles. The average molecular weight is 679 g/mol. The van der Waals surface area contributed by atoms with Gasteiger partial charge >= 0.3 is 0 Å². The van der Waals surface area contributed by atoms with Crippen molar-refractivity contribution in [1.82, 2.24) is 10.2 Å². The molecule has 240 valence electrons. The molecule has 4 aromatic rings. The van der Waals surface area contributed by atoms with Gasteiger partial charge in [0.1, 0.15) is 12.6 Å². The van der Waals surface area contributed by atoms with Gasteiger partial charge in [-0.3, -0.25) is 13.9 Å². The highest BCUT2D eigenvalue weighted by Crippen LogP contribution is 2.30. The number of amides is 2. The maximum atomic E-state index is 14.6. The second-order valence-corrected chi connectivity index (χ2v) is 14.4. The molecule has 7 nitrogen and oxygen atoms in total. The zero-order chi connectivity index (χ0) is 32.7. The van der Waals surface area contributed by atoms with Crippen molar-refractivity contribution in [2.75, 3.05) is 10.8 Å². The Hall–Kier alpha value is -3.85. The van der Waals surface area contributed by atoms with Gasteiger partial charge in [-0.05, 0) is 61.2 Å². The van der Waals surface area contributed by atoms with Crippen molar-refractivity contribution >= 4 is 50.7 Å². The van der Waals surface area contributed by atoms with Crippen molar-refractivity contribution in [2.45, 2.75) is 62.6 Å². The lowest BCUT2D eigenvalue weighted by atomic mass is 10.0. The lowest BCUT2D eigenvalue weighted by Gasteiger charge is -2.34. The van der Waals surface area contributed by atoms with Crippen molar-refractivity contribution in [1.29, 1.82) is 0 Å². The topological polar surface area (TPSA) is 86.8 Å². The van der Waals surface area contributed by atoms with Crippen LogP contribution in [0.15, 0.2) is 108 Å². The summed E-state index contributed by atoms with van der Waals surface area (Å²) >= 11 is 12.7. The van der Waals surface area contributed by atoms with Gasteiger partial charge in [-0.15, -0.1) is 0 Å². The average Bonchev–Trinajstić information content (AvgIpc) is 3.55. The minimum absolute atomic E-state index is 0.0106. The summed E-state index contributed by atoms with van der Waals surface area (Å²) in [4.78, 5) is 30.2. The third kappa shape index (κ3) is 8.49. The van der Waals surface area contributed by atoms with Crippen LogP contribution >= 0.6 is 23.2 Å². The first-order valence-corrected chi connectivity index (χ1v) is 17.5. The Kier molecular flexibility index (Phi) is 11.0. The van der Waals surface area contributed by atoms with Gasteiger partial charge in [0, 0.05) is 29.1 Å². The standard InChI is InChI=1S/C36H37Cl2N3O4S/c1-26-16-18-33(19-17-26)46(44,45)41(32-22-29(37)21-30(38)23-32)25-35(42)40(24-28-12-6-3-7-13-28)34(20-27-10-4-2-5-11-27)36(43)39-31-14-8-9-15-31/h2-7,10-13,16-19,21-23,31,34H,8-9,14-15,20,24-25H2,1H3,(H,39,43).